The molecule has 0 aliphatic carbocycles. The van der Waals surface area contributed by atoms with Crippen LogP contribution in [0.1, 0.15) is 160 Å². The van der Waals surface area contributed by atoms with Crippen LogP contribution in [0, 0.1) is 0 Å². The number of carbonyl (C=O) groups excluding carboxylic acids is 15. The molecule has 724 valence electrons. The van der Waals surface area contributed by atoms with Crippen molar-refractivity contribution in [3.63, 3.8) is 0 Å². The van der Waals surface area contributed by atoms with Crippen LogP contribution in [0.2, 0.25) is 0 Å². The van der Waals surface area contributed by atoms with E-state index >= 15 is 0 Å². The van der Waals surface area contributed by atoms with E-state index in [0.29, 0.717) is 19.3 Å². The molecule has 26 N–H and O–H groups in total. The van der Waals surface area contributed by atoms with Gasteiger partial charge in [0.25, 0.3) is 0 Å². The molecule has 127 heavy (non-hydrogen) atoms. The molecule has 0 saturated carbocycles. The number of nitrogens with two attached hydrogens (primary N) is 2. The zero-order valence-corrected chi connectivity index (χ0v) is 73.2. The number of amides is 15. The summed E-state index contributed by atoms with van der Waals surface area (Å²) in [5.41, 5.74) is 11.3. The number of carboxylic acid groups (broad SMARTS) is 1. The molecule has 0 bridgehead atoms. The quantitative estimate of drug-likeness (QED) is 0.0251. The molecule has 4 saturated heterocycles. The van der Waals surface area contributed by atoms with Crippen molar-refractivity contribution in [2.75, 3.05) is 52.7 Å². The van der Waals surface area contributed by atoms with Crippen molar-refractivity contribution in [3.05, 3.63) is 0 Å². The molecule has 0 aromatic rings. The second kappa shape index (κ2) is 55.0. The lowest BCUT2D eigenvalue weighted by Gasteiger charge is -2.49. The second-order valence-electron chi connectivity index (χ2n) is 31.2. The molecule has 29 atom stereocenters. The minimum absolute atomic E-state index is 0.0432. The number of ether oxygens (including phenoxy) is 10. The zero-order valence-electron chi connectivity index (χ0n) is 73.2. The Morgan fingerprint density at radius 3 is 1.05 bits per heavy atom. The summed E-state index contributed by atoms with van der Waals surface area (Å²) in [7, 11) is 0. The summed E-state index contributed by atoms with van der Waals surface area (Å²) in [4.78, 5) is 209. The largest absolute Gasteiger partial charge is 0.480 e. The molecule has 50 heteroatoms. The van der Waals surface area contributed by atoms with Crippen LogP contribution in [0.25, 0.3) is 0 Å². The predicted octanol–water partition coefficient (Wildman–Crippen LogP) is -10.8. The molecule has 4 heterocycles. The van der Waals surface area contributed by atoms with Crippen LogP contribution in [-0.2, 0) is 124 Å². The number of carbonyl (C=O) groups is 16. The number of hydrogen-bond donors (Lipinski definition) is 24. The average Bonchev–Trinajstić information content (AvgIpc) is 0.773. The first-order valence-electron chi connectivity index (χ1n) is 42.0. The highest BCUT2D eigenvalue weighted by atomic mass is 16.8. The van der Waals surface area contributed by atoms with Gasteiger partial charge in [-0.25, -0.2) is 4.79 Å². The number of nitrogens with one attached hydrogen (secondary N) is 13. The Bertz CT molecular complexity index is 3640. The lowest BCUT2D eigenvalue weighted by atomic mass is 9.94. The van der Waals surface area contributed by atoms with Crippen molar-refractivity contribution >= 4 is 94.6 Å². The standard InChI is InChI=1S/C77H131N15O35/c1-13-27-118-74-55(87-41(11)100)63(61(49(31-95)124-74)126-76-53(85-39(9)98)59(106)57(104)47(29-93)122-76)120-36(6)70(113)82-34(4)68(111)91-43(65(78)108)21-23-51(102)89-45(19-15-17-25-80-38(8)97)72(115)84-33(3)67(110)81-26-18-16-20-46(73(116)117)90-52(103)24-22-44(66(79)109)92-69(112)35(5)83-71(114)37(7)121-64-56(88-42(12)101)75(119-28-14-2)125-50(32-96)62(64)127-77-54(86-40(10)99)60(107)58(105)48(30-94)123-77/h33-37,43-50,53-64,74-77,93-96,104-107H,13-32H2,1-12H3,(H2,78,108)(H2,79,109)(H,80,97)(H,81,110)(H,82,113)(H,83,114)(H,84,115)(H,85,98)(H,86,99)(H,87,100)(H,88,101)(H,89,102)(H,90,103)(H,91,111)(H,92,112)(H,116,117)/t33-,34+,35+,36-,37-,43-,44-,45+,46+,47-,48-,49-,50-,53-,54-,55-,56-,57-,58-,59-,60-,61-,62-,63-,64-,74+,75+,76+,77+/m1/s1. The fraction of sp³-hybridized carbons (Fsp3) is 0.792. The third-order valence-corrected chi connectivity index (χ3v) is 20.6. The number of primary amides is 2. The third kappa shape index (κ3) is 35.3. The number of hydrogen-bond acceptors (Lipinski definition) is 34. The molecule has 0 aromatic heterocycles. The smallest absolute Gasteiger partial charge is 0.326 e. The summed E-state index contributed by atoms with van der Waals surface area (Å²) in [5, 5.41) is 127. The van der Waals surface area contributed by atoms with Crippen LogP contribution in [-0.4, -0.2) is 370 Å². The maximum Gasteiger partial charge on any atom is 0.326 e. The molecule has 4 aliphatic heterocycles. The summed E-state index contributed by atoms with van der Waals surface area (Å²) < 4.78 is 60.4. The molecule has 4 fully saturated rings. The van der Waals surface area contributed by atoms with E-state index < -0.39 is 318 Å². The van der Waals surface area contributed by atoms with Gasteiger partial charge in [0, 0.05) is 73.8 Å². The van der Waals surface area contributed by atoms with E-state index in [1.807, 2.05) is 0 Å². The highest BCUT2D eigenvalue weighted by Gasteiger charge is 2.56. The minimum Gasteiger partial charge on any atom is -0.480 e. The Kier molecular flexibility index (Phi) is 47.7. The predicted molar refractivity (Wildman–Crippen MR) is 433 cm³/mol. The maximum atomic E-state index is 14.0. The van der Waals surface area contributed by atoms with Crippen molar-refractivity contribution in [2.24, 2.45) is 11.5 Å². The minimum atomic E-state index is -1.80. The molecule has 0 aromatic carbocycles. The zero-order chi connectivity index (χ0) is 95.4. The summed E-state index contributed by atoms with van der Waals surface area (Å²) in [6.07, 6.45) is -29.0. The van der Waals surface area contributed by atoms with Crippen LogP contribution < -0.4 is 80.6 Å². The Morgan fingerprint density at radius 1 is 0.362 bits per heavy atom. The lowest BCUT2D eigenvalue weighted by molar-refractivity contribution is -0.337. The van der Waals surface area contributed by atoms with Crippen LogP contribution >= 0.6 is 0 Å². The molecule has 15 amide bonds. The lowest BCUT2D eigenvalue weighted by Crippen LogP contribution is -2.70. The molecule has 0 unspecified atom stereocenters. The number of aliphatic hydroxyl groups excluding tert-OH is 8. The van der Waals surface area contributed by atoms with Gasteiger partial charge >= 0.3 is 5.97 Å². The highest BCUT2D eigenvalue weighted by molar-refractivity contribution is 5.95. The molecule has 50 nitrogen and oxygen atoms in total. The topological polar surface area (TPSA) is 756 Å². The van der Waals surface area contributed by atoms with Crippen LogP contribution in [0.4, 0.5) is 0 Å². The summed E-state index contributed by atoms with van der Waals surface area (Å²) in [5.74, 6) is -14.0. The molecule has 4 rings (SSSR count). The Balaban J connectivity index is 1.33. The first kappa shape index (κ1) is 110. The maximum absolute atomic E-state index is 14.0. The van der Waals surface area contributed by atoms with E-state index in [1.165, 1.54) is 41.5 Å². The average molecular weight is 1830 g/mol. The second-order valence-corrected chi connectivity index (χ2v) is 31.2. The van der Waals surface area contributed by atoms with E-state index in [0.717, 1.165) is 27.7 Å². The van der Waals surface area contributed by atoms with Gasteiger partial charge in [0.2, 0.25) is 88.6 Å². The van der Waals surface area contributed by atoms with Gasteiger partial charge in [0.05, 0.1) is 26.4 Å². The number of unbranched alkanes of at least 4 members (excludes halogenated alkanes) is 2. The third-order valence-electron chi connectivity index (χ3n) is 20.6. The first-order valence-corrected chi connectivity index (χ1v) is 42.0. The fourth-order valence-electron chi connectivity index (χ4n) is 13.9. The molecular weight excluding hydrogens is 1690 g/mol. The summed E-state index contributed by atoms with van der Waals surface area (Å²) in [6.45, 7) is 12.4. The van der Waals surface area contributed by atoms with Crippen molar-refractivity contribution in [2.45, 2.75) is 337 Å². The van der Waals surface area contributed by atoms with Gasteiger partial charge in [0.15, 0.2) is 25.2 Å². The van der Waals surface area contributed by atoms with Crippen molar-refractivity contribution in [1.29, 1.82) is 0 Å². The summed E-state index contributed by atoms with van der Waals surface area (Å²) >= 11 is 0. The van der Waals surface area contributed by atoms with E-state index in [9.17, 15) is 123 Å². The number of aliphatic hydroxyl groups is 8. The molecule has 0 radical (unpaired) electrons. The monoisotopic (exact) mass is 1830 g/mol. The van der Waals surface area contributed by atoms with Gasteiger partial charge in [-0.15, -0.1) is 0 Å². The Morgan fingerprint density at radius 2 is 0.701 bits per heavy atom. The fourth-order valence-corrected chi connectivity index (χ4v) is 13.9. The molecular formula is C77H131N15O35. The number of carboxylic acids is 1. The van der Waals surface area contributed by atoms with E-state index in [1.54, 1.807) is 13.8 Å². The van der Waals surface area contributed by atoms with Crippen molar-refractivity contribution in [1.82, 2.24) is 69.1 Å². The van der Waals surface area contributed by atoms with Gasteiger partial charge in [-0.2, -0.15) is 0 Å². The highest BCUT2D eigenvalue weighted by Crippen LogP contribution is 2.35. The summed E-state index contributed by atoms with van der Waals surface area (Å²) in [6, 6.07) is -15.9. The molecule has 0 spiro atoms. The number of rotatable bonds is 54. The SMILES string of the molecule is CCCO[C@H]1O[C@H](CO)[C@@H](O[C@@H]2O[C@H](CO)[C@@H](O)[C@H](O)[C@H]2NC(C)=O)[C@H](O[C@H](C)C(=O)N[C@@H](C)C(=O)N[C@H](CCC(=O)N[C@@H](CCCCNC(=O)[C@@H](C)NC(=O)[C@H](CCCCNC(C)=O)NC(=O)CC[C@@H](NC(=O)[C@H](C)NC(=O)[C@@H](C)O[C@@H]2[C@@H](NC(C)=O)[C@@H](OCCC)O[C@H](CO)[C@H]2O[C@@H]2O[C@H](CO)[C@@H](O)[C@H](O)[C@H]2NC(C)=O)C(N)=O)C(=O)O)C(N)=O)[C@H]1NC(C)=O. The van der Waals surface area contributed by atoms with E-state index in [2.05, 4.69) is 69.1 Å². The van der Waals surface area contributed by atoms with Crippen LogP contribution in [0.3, 0.4) is 0 Å². The van der Waals surface area contributed by atoms with E-state index in [4.69, 9.17) is 58.8 Å². The number of aliphatic carboxylic acids is 1. The van der Waals surface area contributed by atoms with Gasteiger partial charge in [-0.3, -0.25) is 71.9 Å². The van der Waals surface area contributed by atoms with Crippen LogP contribution in [0.5, 0.6) is 0 Å². The van der Waals surface area contributed by atoms with Crippen molar-refractivity contribution in [3.8, 4) is 0 Å². The Labute approximate surface area is 732 Å². The van der Waals surface area contributed by atoms with Gasteiger partial charge < -0.3 is 174 Å². The van der Waals surface area contributed by atoms with Gasteiger partial charge in [-0.1, -0.05) is 13.8 Å². The van der Waals surface area contributed by atoms with Crippen molar-refractivity contribution < 1.29 is 170 Å². The Hall–Kier alpha value is -9.20. The van der Waals surface area contributed by atoms with Crippen LogP contribution in [0.15, 0.2) is 0 Å². The first-order chi connectivity index (χ1) is 59.9. The van der Waals surface area contributed by atoms with Gasteiger partial charge in [0.1, 0.15) is 152 Å². The normalized spacial score (nSPS) is 27.9. The van der Waals surface area contributed by atoms with E-state index in [-0.39, 0.29) is 64.3 Å². The molecule has 4 aliphatic rings. The van der Waals surface area contributed by atoms with Gasteiger partial charge in [-0.05, 0) is 98.8 Å².